The molecule has 0 bridgehead atoms. The first-order valence-electron chi connectivity index (χ1n) is 5.59. The predicted molar refractivity (Wildman–Crippen MR) is 73.7 cm³/mol. The van der Waals surface area contributed by atoms with E-state index in [9.17, 15) is 0 Å². The van der Waals surface area contributed by atoms with Crippen molar-refractivity contribution in [1.29, 1.82) is 0 Å². The van der Waals surface area contributed by atoms with Crippen LogP contribution in [0.2, 0.25) is 5.02 Å². The monoisotopic (exact) mass is 266 g/mol. The van der Waals surface area contributed by atoms with E-state index in [0.29, 0.717) is 5.02 Å². The van der Waals surface area contributed by atoms with Gasteiger partial charge in [-0.25, -0.2) is 4.98 Å². The van der Waals surface area contributed by atoms with E-state index in [-0.39, 0.29) is 6.04 Å². The van der Waals surface area contributed by atoms with E-state index in [1.54, 1.807) is 11.3 Å². The van der Waals surface area contributed by atoms with Crippen LogP contribution in [0.5, 0.6) is 0 Å². The number of hydrogen-bond donors (Lipinski definition) is 1. The first kappa shape index (κ1) is 12.6. The lowest BCUT2D eigenvalue weighted by molar-refractivity contribution is 0.844. The highest BCUT2D eigenvalue weighted by atomic mass is 35.5. The third-order valence-electron chi connectivity index (χ3n) is 2.72. The number of rotatable bonds is 3. The van der Waals surface area contributed by atoms with Crippen molar-refractivity contribution in [3.63, 3.8) is 0 Å². The van der Waals surface area contributed by atoms with Gasteiger partial charge in [0, 0.05) is 9.90 Å². The lowest BCUT2D eigenvalue weighted by atomic mass is 10.1. The summed E-state index contributed by atoms with van der Waals surface area (Å²) in [5.41, 5.74) is 8.36. The lowest BCUT2D eigenvalue weighted by Gasteiger charge is -2.08. The smallest absolute Gasteiger partial charge is 0.114 e. The second-order valence-electron chi connectivity index (χ2n) is 3.94. The van der Waals surface area contributed by atoms with Gasteiger partial charge in [0.2, 0.25) is 0 Å². The molecule has 0 saturated carbocycles. The van der Waals surface area contributed by atoms with Gasteiger partial charge in [0.25, 0.3) is 0 Å². The first-order chi connectivity index (χ1) is 8.11. The van der Waals surface area contributed by atoms with Crippen molar-refractivity contribution >= 4 is 22.9 Å². The molecule has 1 heterocycles. The Labute approximate surface area is 110 Å². The molecule has 1 atom stereocenters. The maximum Gasteiger partial charge on any atom is 0.114 e. The molecule has 2 aromatic rings. The minimum absolute atomic E-state index is 0.183. The summed E-state index contributed by atoms with van der Waals surface area (Å²) in [6, 6.07) is 7.46. The summed E-state index contributed by atoms with van der Waals surface area (Å²) in [7, 11) is 0. The molecule has 17 heavy (non-hydrogen) atoms. The fourth-order valence-corrected chi connectivity index (χ4v) is 2.99. The van der Waals surface area contributed by atoms with Gasteiger partial charge in [-0.3, -0.25) is 0 Å². The van der Waals surface area contributed by atoms with E-state index in [0.717, 1.165) is 22.7 Å². The molecule has 2 rings (SSSR count). The fraction of sp³-hybridized carbons (Fsp3) is 0.308. The molecule has 0 aliphatic rings. The highest BCUT2D eigenvalue weighted by Crippen LogP contribution is 2.27. The molecule has 2 nitrogen and oxygen atoms in total. The summed E-state index contributed by atoms with van der Waals surface area (Å²) in [6.07, 6.45) is 0.949. The largest absolute Gasteiger partial charge is 0.318 e. The number of benzene rings is 1. The van der Waals surface area contributed by atoms with Crippen LogP contribution in [0.25, 0.3) is 0 Å². The number of hydrogen-bond acceptors (Lipinski definition) is 3. The Hall–Kier alpha value is -0.900. The minimum atomic E-state index is -0.183. The van der Waals surface area contributed by atoms with Gasteiger partial charge < -0.3 is 5.73 Å². The third kappa shape index (κ3) is 2.68. The molecule has 1 unspecified atom stereocenters. The maximum atomic E-state index is 6.21. The second-order valence-corrected chi connectivity index (χ2v) is 5.61. The Morgan fingerprint density at radius 3 is 2.82 bits per heavy atom. The number of aromatic nitrogens is 1. The van der Waals surface area contributed by atoms with E-state index in [4.69, 9.17) is 17.3 Å². The molecular weight excluding hydrogens is 252 g/mol. The van der Waals surface area contributed by atoms with Crippen LogP contribution in [0.15, 0.2) is 24.3 Å². The Balaban J connectivity index is 2.33. The first-order valence-corrected chi connectivity index (χ1v) is 6.78. The average Bonchev–Trinajstić information content (AvgIpc) is 2.69. The molecule has 0 spiro atoms. The third-order valence-corrected chi connectivity index (χ3v) is 4.05. The standard InChI is InChI=1S/C13H15ClN2S/c1-3-11-8(2)17-13(16-11)12(15)9-5-4-6-10(14)7-9/h4-7,12H,3,15H2,1-2H3. The van der Waals surface area contributed by atoms with Gasteiger partial charge in [-0.1, -0.05) is 30.7 Å². The Kier molecular flexibility index (Phi) is 3.82. The van der Waals surface area contributed by atoms with Gasteiger partial charge in [-0.05, 0) is 31.0 Å². The zero-order valence-electron chi connectivity index (χ0n) is 9.90. The zero-order chi connectivity index (χ0) is 12.4. The van der Waals surface area contributed by atoms with Gasteiger partial charge in [0.15, 0.2) is 0 Å². The molecule has 0 aliphatic carbocycles. The maximum absolute atomic E-state index is 6.21. The topological polar surface area (TPSA) is 38.9 Å². The van der Waals surface area contributed by atoms with Gasteiger partial charge in [0.05, 0.1) is 11.7 Å². The average molecular weight is 267 g/mol. The Bertz CT molecular complexity index is 522. The molecular formula is C13H15ClN2S. The molecule has 2 N–H and O–H groups in total. The number of thiazole rings is 1. The summed E-state index contributed by atoms with van der Waals surface area (Å²) < 4.78 is 0. The van der Waals surface area contributed by atoms with E-state index in [1.807, 2.05) is 24.3 Å². The summed E-state index contributed by atoms with van der Waals surface area (Å²) in [5, 5.41) is 1.67. The lowest BCUT2D eigenvalue weighted by Crippen LogP contribution is -2.11. The Morgan fingerprint density at radius 2 is 2.24 bits per heavy atom. The zero-order valence-corrected chi connectivity index (χ0v) is 11.5. The molecule has 0 fully saturated rings. The molecule has 0 aliphatic heterocycles. The van der Waals surface area contributed by atoms with E-state index < -0.39 is 0 Å². The highest BCUT2D eigenvalue weighted by molar-refractivity contribution is 7.11. The molecule has 4 heteroatoms. The predicted octanol–water partition coefficient (Wildman–Crippen LogP) is 3.72. The number of aryl methyl sites for hydroxylation is 2. The second kappa shape index (κ2) is 5.17. The molecule has 0 saturated heterocycles. The van der Waals surface area contributed by atoms with Crippen LogP contribution >= 0.6 is 22.9 Å². The number of nitrogens with zero attached hydrogens (tertiary/aromatic N) is 1. The summed E-state index contributed by atoms with van der Waals surface area (Å²) in [6.45, 7) is 4.20. The fourth-order valence-electron chi connectivity index (χ4n) is 1.75. The molecule has 0 amide bonds. The summed E-state index contributed by atoms with van der Waals surface area (Å²) in [5.74, 6) is 0. The van der Waals surface area contributed by atoms with Gasteiger partial charge in [0.1, 0.15) is 5.01 Å². The van der Waals surface area contributed by atoms with Crippen LogP contribution in [0.4, 0.5) is 0 Å². The van der Waals surface area contributed by atoms with Crippen LogP contribution in [0.1, 0.15) is 34.1 Å². The van der Waals surface area contributed by atoms with Crippen molar-refractivity contribution in [1.82, 2.24) is 4.98 Å². The SMILES string of the molecule is CCc1nc(C(N)c2cccc(Cl)c2)sc1C. The molecule has 1 aromatic carbocycles. The van der Waals surface area contributed by atoms with Crippen molar-refractivity contribution < 1.29 is 0 Å². The van der Waals surface area contributed by atoms with Crippen LogP contribution < -0.4 is 5.73 Å². The Morgan fingerprint density at radius 1 is 1.47 bits per heavy atom. The van der Waals surface area contributed by atoms with Crippen LogP contribution in [-0.4, -0.2) is 4.98 Å². The van der Waals surface area contributed by atoms with E-state index in [1.165, 1.54) is 4.88 Å². The minimum Gasteiger partial charge on any atom is -0.318 e. The van der Waals surface area contributed by atoms with Gasteiger partial charge in [-0.2, -0.15) is 0 Å². The molecule has 1 aromatic heterocycles. The van der Waals surface area contributed by atoms with E-state index in [2.05, 4.69) is 18.8 Å². The van der Waals surface area contributed by atoms with Gasteiger partial charge >= 0.3 is 0 Å². The molecule has 90 valence electrons. The van der Waals surface area contributed by atoms with Crippen LogP contribution in [0, 0.1) is 6.92 Å². The summed E-state index contributed by atoms with van der Waals surface area (Å²) >= 11 is 7.64. The quantitative estimate of drug-likeness (QED) is 0.920. The van der Waals surface area contributed by atoms with Crippen molar-refractivity contribution in [2.24, 2.45) is 5.73 Å². The van der Waals surface area contributed by atoms with Crippen molar-refractivity contribution in [2.45, 2.75) is 26.3 Å². The summed E-state index contributed by atoms with van der Waals surface area (Å²) in [4.78, 5) is 5.83. The van der Waals surface area contributed by atoms with Crippen molar-refractivity contribution in [3.05, 3.63) is 50.4 Å². The number of nitrogens with two attached hydrogens (primary N) is 1. The van der Waals surface area contributed by atoms with Crippen molar-refractivity contribution in [3.8, 4) is 0 Å². The van der Waals surface area contributed by atoms with Crippen molar-refractivity contribution in [2.75, 3.05) is 0 Å². The van der Waals surface area contributed by atoms with E-state index >= 15 is 0 Å². The number of halogens is 1. The molecule has 0 radical (unpaired) electrons. The normalized spacial score (nSPS) is 12.7. The van der Waals surface area contributed by atoms with Gasteiger partial charge in [-0.15, -0.1) is 11.3 Å². The van der Waals surface area contributed by atoms with Crippen LogP contribution in [0.3, 0.4) is 0 Å². The highest BCUT2D eigenvalue weighted by Gasteiger charge is 2.15. The van der Waals surface area contributed by atoms with Crippen LogP contribution in [-0.2, 0) is 6.42 Å².